The van der Waals surface area contributed by atoms with Gasteiger partial charge in [-0.15, -0.1) is 11.6 Å². The molecule has 0 aliphatic rings. The van der Waals surface area contributed by atoms with E-state index in [9.17, 15) is 0 Å². The summed E-state index contributed by atoms with van der Waals surface area (Å²) in [5.41, 5.74) is 2.10. The van der Waals surface area contributed by atoms with Gasteiger partial charge in [-0.1, -0.05) is 26.7 Å². The smallest absolute Gasteiger partial charge is 0.127 e. The third-order valence-corrected chi connectivity index (χ3v) is 3.95. The van der Waals surface area contributed by atoms with Crippen LogP contribution in [0.2, 0.25) is 0 Å². The number of fused-ring (bicyclic) bond motifs is 1. The highest BCUT2D eigenvalue weighted by molar-refractivity contribution is 6.20. The lowest BCUT2D eigenvalue weighted by Gasteiger charge is -2.11. The first-order valence-corrected chi connectivity index (χ1v) is 8.14. The summed E-state index contributed by atoms with van der Waals surface area (Å²) in [5, 5.41) is -0.0894. The van der Waals surface area contributed by atoms with Crippen LogP contribution >= 0.6 is 11.6 Å². The minimum atomic E-state index is -0.0894. The molecule has 3 nitrogen and oxygen atoms in total. The number of alkyl halides is 1. The van der Waals surface area contributed by atoms with Crippen molar-refractivity contribution >= 4 is 22.6 Å². The number of hydrogen-bond donors (Lipinski definition) is 0. The second-order valence-corrected chi connectivity index (χ2v) is 6.64. The van der Waals surface area contributed by atoms with E-state index >= 15 is 0 Å². The lowest BCUT2D eigenvalue weighted by Crippen LogP contribution is -2.05. The number of ether oxygens (including phenoxy) is 1. The maximum atomic E-state index is 6.30. The largest absolute Gasteiger partial charge is 0.497 e. The van der Waals surface area contributed by atoms with E-state index in [1.54, 1.807) is 7.11 Å². The van der Waals surface area contributed by atoms with Crippen LogP contribution in [-0.2, 0) is 6.54 Å². The molecule has 0 fully saturated rings. The molecule has 0 saturated heterocycles. The lowest BCUT2D eigenvalue weighted by atomic mass is 10.1. The number of rotatable bonds is 7. The summed E-state index contributed by atoms with van der Waals surface area (Å²) in [5.74, 6) is 2.55. The Kier molecular flexibility index (Phi) is 5.51. The third kappa shape index (κ3) is 3.91. The first-order valence-electron chi connectivity index (χ1n) is 7.71. The highest BCUT2D eigenvalue weighted by Crippen LogP contribution is 2.27. The van der Waals surface area contributed by atoms with Crippen LogP contribution in [0.25, 0.3) is 11.0 Å². The van der Waals surface area contributed by atoms with Crippen LogP contribution in [-0.4, -0.2) is 16.7 Å². The van der Waals surface area contributed by atoms with E-state index in [0.29, 0.717) is 0 Å². The Balaban J connectivity index is 2.24. The standard InChI is InChI=1S/C17H25ClN2O/c1-12(2)7-5-6-10-20-16-9-8-14(21-4)11-15(16)19-17(20)13(3)18/h8-9,11-13H,5-7,10H2,1-4H3. The number of halogens is 1. The van der Waals surface area contributed by atoms with Crippen LogP contribution in [0.3, 0.4) is 0 Å². The van der Waals surface area contributed by atoms with Crippen LogP contribution in [0.4, 0.5) is 0 Å². The number of aryl methyl sites for hydroxylation is 1. The molecule has 0 aliphatic carbocycles. The van der Waals surface area contributed by atoms with Gasteiger partial charge in [-0.25, -0.2) is 4.98 Å². The molecule has 0 aliphatic heterocycles. The fraction of sp³-hybridized carbons (Fsp3) is 0.588. The van der Waals surface area contributed by atoms with Crippen molar-refractivity contribution < 1.29 is 4.74 Å². The van der Waals surface area contributed by atoms with Gasteiger partial charge in [0.1, 0.15) is 11.6 Å². The van der Waals surface area contributed by atoms with E-state index in [0.717, 1.165) is 41.5 Å². The van der Waals surface area contributed by atoms with Crippen molar-refractivity contribution in [1.29, 1.82) is 0 Å². The van der Waals surface area contributed by atoms with Gasteiger partial charge in [0.25, 0.3) is 0 Å². The van der Waals surface area contributed by atoms with Crippen molar-refractivity contribution in [3.05, 3.63) is 24.0 Å². The molecule has 2 aromatic rings. The van der Waals surface area contributed by atoms with Gasteiger partial charge < -0.3 is 9.30 Å². The summed E-state index contributed by atoms with van der Waals surface area (Å²) in [6.07, 6.45) is 3.67. The van der Waals surface area contributed by atoms with Gasteiger partial charge in [-0.05, 0) is 31.4 Å². The normalized spacial score (nSPS) is 13.0. The molecule has 4 heteroatoms. The molecular formula is C17H25ClN2O. The Morgan fingerprint density at radius 1 is 1.24 bits per heavy atom. The second kappa shape index (κ2) is 7.17. The van der Waals surface area contributed by atoms with Crippen LogP contribution in [0.5, 0.6) is 5.75 Å². The highest BCUT2D eigenvalue weighted by atomic mass is 35.5. The predicted molar refractivity (Wildman–Crippen MR) is 89.2 cm³/mol. The first kappa shape index (κ1) is 16.2. The van der Waals surface area contributed by atoms with Gasteiger partial charge in [0, 0.05) is 12.6 Å². The number of unbranched alkanes of at least 4 members (excludes halogenated alkanes) is 1. The molecule has 21 heavy (non-hydrogen) atoms. The van der Waals surface area contributed by atoms with Crippen molar-refractivity contribution in [2.45, 2.75) is 52.0 Å². The van der Waals surface area contributed by atoms with Gasteiger partial charge in [0.15, 0.2) is 0 Å². The van der Waals surface area contributed by atoms with E-state index in [-0.39, 0.29) is 5.38 Å². The van der Waals surface area contributed by atoms with Crippen molar-refractivity contribution in [2.24, 2.45) is 5.92 Å². The van der Waals surface area contributed by atoms with Crippen molar-refractivity contribution in [3.63, 3.8) is 0 Å². The van der Waals surface area contributed by atoms with Crippen molar-refractivity contribution in [1.82, 2.24) is 9.55 Å². The molecule has 0 radical (unpaired) electrons. The fourth-order valence-electron chi connectivity index (χ4n) is 2.62. The Hall–Kier alpha value is -1.22. The van der Waals surface area contributed by atoms with E-state index in [1.807, 2.05) is 19.1 Å². The molecule has 0 bridgehead atoms. The van der Waals surface area contributed by atoms with Gasteiger partial charge in [-0.3, -0.25) is 0 Å². The summed E-state index contributed by atoms with van der Waals surface area (Å²) in [4.78, 5) is 4.69. The number of nitrogens with zero attached hydrogens (tertiary/aromatic N) is 2. The first-order chi connectivity index (χ1) is 10.0. The van der Waals surface area contributed by atoms with E-state index < -0.39 is 0 Å². The number of aromatic nitrogens is 2. The predicted octanol–water partition coefficient (Wildman–Crippen LogP) is 5.17. The second-order valence-electron chi connectivity index (χ2n) is 5.98. The molecule has 0 amide bonds. The van der Waals surface area contributed by atoms with Crippen LogP contribution in [0.1, 0.15) is 51.2 Å². The summed E-state index contributed by atoms with van der Waals surface area (Å²) in [6, 6.07) is 6.03. The fourth-order valence-corrected chi connectivity index (χ4v) is 2.78. The molecule has 1 aromatic carbocycles. The zero-order valence-corrected chi connectivity index (χ0v) is 14.2. The molecule has 0 spiro atoms. The highest BCUT2D eigenvalue weighted by Gasteiger charge is 2.15. The average molecular weight is 309 g/mol. The van der Waals surface area contributed by atoms with Crippen LogP contribution in [0, 0.1) is 5.92 Å². The van der Waals surface area contributed by atoms with Crippen LogP contribution in [0.15, 0.2) is 18.2 Å². The Morgan fingerprint density at radius 3 is 2.62 bits per heavy atom. The van der Waals surface area contributed by atoms with E-state index in [1.165, 1.54) is 12.8 Å². The zero-order chi connectivity index (χ0) is 15.4. The molecular weight excluding hydrogens is 284 g/mol. The van der Waals surface area contributed by atoms with Crippen LogP contribution < -0.4 is 4.74 Å². The Labute approximate surface area is 132 Å². The topological polar surface area (TPSA) is 27.1 Å². The quantitative estimate of drug-likeness (QED) is 0.521. The zero-order valence-electron chi connectivity index (χ0n) is 13.4. The minimum Gasteiger partial charge on any atom is -0.497 e. The van der Waals surface area contributed by atoms with Crippen molar-refractivity contribution in [3.8, 4) is 5.75 Å². The van der Waals surface area contributed by atoms with Crippen molar-refractivity contribution in [2.75, 3.05) is 7.11 Å². The Bertz CT molecular complexity index is 590. The lowest BCUT2D eigenvalue weighted by molar-refractivity contribution is 0.415. The number of hydrogen-bond acceptors (Lipinski definition) is 2. The molecule has 1 atom stereocenters. The molecule has 0 saturated carbocycles. The van der Waals surface area contributed by atoms with E-state index in [2.05, 4.69) is 29.5 Å². The van der Waals surface area contributed by atoms with Gasteiger partial charge in [0.05, 0.1) is 23.5 Å². The van der Waals surface area contributed by atoms with Gasteiger partial charge in [0.2, 0.25) is 0 Å². The van der Waals surface area contributed by atoms with Gasteiger partial charge in [-0.2, -0.15) is 0 Å². The summed E-state index contributed by atoms with van der Waals surface area (Å²) in [6.45, 7) is 7.49. The molecule has 1 aromatic heterocycles. The molecule has 2 rings (SSSR count). The molecule has 1 unspecified atom stereocenters. The number of imidazole rings is 1. The van der Waals surface area contributed by atoms with Gasteiger partial charge >= 0.3 is 0 Å². The molecule has 0 N–H and O–H groups in total. The average Bonchev–Trinajstić information content (AvgIpc) is 2.81. The number of methoxy groups -OCH3 is 1. The SMILES string of the molecule is COc1ccc2c(c1)nc(C(C)Cl)n2CCCCC(C)C. The Morgan fingerprint density at radius 2 is 2.00 bits per heavy atom. The summed E-state index contributed by atoms with van der Waals surface area (Å²) in [7, 11) is 1.68. The summed E-state index contributed by atoms with van der Waals surface area (Å²) >= 11 is 6.30. The summed E-state index contributed by atoms with van der Waals surface area (Å²) < 4.78 is 7.53. The molecule has 1 heterocycles. The maximum Gasteiger partial charge on any atom is 0.127 e. The monoisotopic (exact) mass is 308 g/mol. The maximum absolute atomic E-state index is 6.30. The third-order valence-electron chi connectivity index (χ3n) is 3.75. The number of benzene rings is 1. The molecule has 116 valence electrons. The minimum absolute atomic E-state index is 0.0894. The van der Waals surface area contributed by atoms with E-state index in [4.69, 9.17) is 16.3 Å².